The number of hydrogen-bond donors (Lipinski definition) is 0. The van der Waals surface area contributed by atoms with Crippen LogP contribution < -0.4 is 4.74 Å². The zero-order chi connectivity index (χ0) is 20.8. The number of amides is 1. The van der Waals surface area contributed by atoms with Crippen LogP contribution in [0.5, 0.6) is 5.75 Å². The predicted molar refractivity (Wildman–Crippen MR) is 112 cm³/mol. The first-order valence-electron chi connectivity index (χ1n) is 9.96. The van der Waals surface area contributed by atoms with Crippen molar-refractivity contribution in [1.82, 2.24) is 19.9 Å². The minimum absolute atomic E-state index is 0.136. The van der Waals surface area contributed by atoms with Crippen LogP contribution in [0.4, 0.5) is 0 Å². The van der Waals surface area contributed by atoms with Gasteiger partial charge in [-0.15, -0.1) is 0 Å². The summed E-state index contributed by atoms with van der Waals surface area (Å²) in [5, 5.41) is 0. The standard InChI is InChI=1S/C23H24N4O3/c1-29-20-6-2-17(3-7-20)4-9-23(28)27-10-11-30-22(15-27)21-8-5-18(14-26-21)19-12-24-16-25-13-19/h2-3,5-8,12-14,16,22H,4,9-11,15H2,1H3. The van der Waals surface area contributed by atoms with E-state index in [0.717, 1.165) is 28.1 Å². The van der Waals surface area contributed by atoms with Gasteiger partial charge in [0.1, 0.15) is 18.2 Å². The van der Waals surface area contributed by atoms with Crippen molar-refractivity contribution >= 4 is 5.91 Å². The molecule has 0 N–H and O–H groups in total. The molecule has 1 fully saturated rings. The summed E-state index contributed by atoms with van der Waals surface area (Å²) in [5.74, 6) is 0.955. The van der Waals surface area contributed by atoms with Crippen LogP contribution in [0, 0.1) is 0 Å². The number of benzene rings is 1. The quantitative estimate of drug-likeness (QED) is 0.628. The number of morpholine rings is 1. The lowest BCUT2D eigenvalue weighted by atomic mass is 10.1. The zero-order valence-electron chi connectivity index (χ0n) is 16.9. The summed E-state index contributed by atoms with van der Waals surface area (Å²) in [7, 11) is 1.64. The van der Waals surface area contributed by atoms with Crippen molar-refractivity contribution in [2.45, 2.75) is 18.9 Å². The summed E-state index contributed by atoms with van der Waals surface area (Å²) in [6, 6.07) is 11.8. The van der Waals surface area contributed by atoms with Gasteiger partial charge in [-0.1, -0.05) is 18.2 Å². The van der Waals surface area contributed by atoms with E-state index >= 15 is 0 Å². The highest BCUT2D eigenvalue weighted by atomic mass is 16.5. The van der Waals surface area contributed by atoms with Crippen molar-refractivity contribution in [2.75, 3.05) is 26.8 Å². The Morgan fingerprint density at radius 3 is 2.60 bits per heavy atom. The Morgan fingerprint density at radius 1 is 1.10 bits per heavy atom. The number of ether oxygens (including phenoxy) is 2. The second-order valence-electron chi connectivity index (χ2n) is 7.15. The van der Waals surface area contributed by atoms with Gasteiger partial charge in [0.15, 0.2) is 0 Å². The molecule has 0 saturated carbocycles. The lowest BCUT2D eigenvalue weighted by molar-refractivity contribution is -0.139. The SMILES string of the molecule is COc1ccc(CCC(=O)N2CCOC(c3ccc(-c4cncnc4)cn3)C2)cc1. The zero-order valence-corrected chi connectivity index (χ0v) is 16.9. The van der Waals surface area contributed by atoms with Crippen LogP contribution in [-0.2, 0) is 16.0 Å². The van der Waals surface area contributed by atoms with Gasteiger partial charge in [-0.25, -0.2) is 9.97 Å². The molecular formula is C23H24N4O3. The van der Waals surface area contributed by atoms with E-state index in [9.17, 15) is 4.79 Å². The highest BCUT2D eigenvalue weighted by molar-refractivity contribution is 5.76. The van der Waals surface area contributed by atoms with Gasteiger partial charge in [0.25, 0.3) is 0 Å². The van der Waals surface area contributed by atoms with Gasteiger partial charge in [-0.2, -0.15) is 0 Å². The molecule has 4 rings (SSSR count). The first-order chi connectivity index (χ1) is 14.7. The van der Waals surface area contributed by atoms with Crippen molar-refractivity contribution in [1.29, 1.82) is 0 Å². The lowest BCUT2D eigenvalue weighted by Crippen LogP contribution is -2.42. The minimum atomic E-state index is -0.218. The molecule has 1 aromatic carbocycles. The number of nitrogens with zero attached hydrogens (tertiary/aromatic N) is 4. The Balaban J connectivity index is 1.34. The number of hydrogen-bond acceptors (Lipinski definition) is 6. The van der Waals surface area contributed by atoms with Crippen molar-refractivity contribution in [2.24, 2.45) is 0 Å². The van der Waals surface area contributed by atoms with Gasteiger partial charge in [0.2, 0.25) is 5.91 Å². The summed E-state index contributed by atoms with van der Waals surface area (Å²) in [5.41, 5.74) is 3.80. The van der Waals surface area contributed by atoms with Crippen LogP contribution in [0.1, 0.15) is 23.8 Å². The number of carbonyl (C=O) groups is 1. The van der Waals surface area contributed by atoms with E-state index in [2.05, 4.69) is 15.0 Å². The predicted octanol–water partition coefficient (Wildman–Crippen LogP) is 3.08. The summed E-state index contributed by atoms with van der Waals surface area (Å²) in [4.78, 5) is 27.2. The molecule has 2 aromatic heterocycles. The Labute approximate surface area is 175 Å². The van der Waals surface area contributed by atoms with E-state index < -0.39 is 0 Å². The number of rotatable bonds is 6. The average molecular weight is 404 g/mol. The van der Waals surface area contributed by atoms with Crippen molar-refractivity contribution in [3.05, 3.63) is 72.6 Å². The van der Waals surface area contributed by atoms with Crippen LogP contribution in [0.15, 0.2) is 61.3 Å². The molecule has 154 valence electrons. The number of pyridine rings is 1. The lowest BCUT2D eigenvalue weighted by Gasteiger charge is -2.32. The summed E-state index contributed by atoms with van der Waals surface area (Å²) in [6.45, 7) is 1.63. The van der Waals surface area contributed by atoms with Crippen molar-refractivity contribution < 1.29 is 14.3 Å². The molecule has 3 heterocycles. The Morgan fingerprint density at radius 2 is 1.90 bits per heavy atom. The highest BCUT2D eigenvalue weighted by Crippen LogP contribution is 2.24. The van der Waals surface area contributed by atoms with E-state index in [0.29, 0.717) is 32.5 Å². The van der Waals surface area contributed by atoms with Crippen molar-refractivity contribution in [3.8, 4) is 16.9 Å². The van der Waals surface area contributed by atoms with Gasteiger partial charge >= 0.3 is 0 Å². The second kappa shape index (κ2) is 9.45. The van der Waals surface area contributed by atoms with Gasteiger partial charge < -0.3 is 14.4 Å². The summed E-state index contributed by atoms with van der Waals surface area (Å²) in [6.07, 6.45) is 7.76. The fourth-order valence-electron chi connectivity index (χ4n) is 3.47. The third kappa shape index (κ3) is 4.80. The summed E-state index contributed by atoms with van der Waals surface area (Å²) < 4.78 is 11.1. The molecule has 1 unspecified atom stereocenters. The second-order valence-corrected chi connectivity index (χ2v) is 7.15. The van der Waals surface area contributed by atoms with E-state index in [1.165, 1.54) is 6.33 Å². The van der Waals surface area contributed by atoms with Crippen LogP contribution >= 0.6 is 0 Å². The molecule has 0 radical (unpaired) electrons. The largest absolute Gasteiger partial charge is 0.497 e. The molecule has 0 aliphatic carbocycles. The molecule has 1 aliphatic heterocycles. The maximum Gasteiger partial charge on any atom is 0.223 e. The van der Waals surface area contributed by atoms with E-state index in [1.54, 1.807) is 25.7 Å². The van der Waals surface area contributed by atoms with Gasteiger partial charge in [0, 0.05) is 42.7 Å². The summed E-state index contributed by atoms with van der Waals surface area (Å²) >= 11 is 0. The van der Waals surface area contributed by atoms with E-state index in [1.807, 2.05) is 41.3 Å². The first-order valence-corrected chi connectivity index (χ1v) is 9.96. The molecule has 0 bridgehead atoms. The fraction of sp³-hybridized carbons (Fsp3) is 0.304. The molecule has 1 aliphatic rings. The Hall–Kier alpha value is -3.32. The van der Waals surface area contributed by atoms with Crippen LogP contribution in [0.2, 0.25) is 0 Å². The van der Waals surface area contributed by atoms with Crippen LogP contribution in [-0.4, -0.2) is 52.6 Å². The molecule has 1 amide bonds. The molecule has 1 atom stereocenters. The smallest absolute Gasteiger partial charge is 0.223 e. The van der Waals surface area contributed by atoms with Gasteiger partial charge in [-0.3, -0.25) is 9.78 Å². The van der Waals surface area contributed by atoms with Crippen LogP contribution in [0.3, 0.4) is 0 Å². The third-order valence-electron chi connectivity index (χ3n) is 5.22. The Kier molecular flexibility index (Phi) is 6.29. The highest BCUT2D eigenvalue weighted by Gasteiger charge is 2.26. The molecule has 0 spiro atoms. The number of aryl methyl sites for hydroxylation is 1. The fourth-order valence-corrected chi connectivity index (χ4v) is 3.47. The average Bonchev–Trinajstić information content (AvgIpc) is 2.83. The van der Waals surface area contributed by atoms with Crippen LogP contribution in [0.25, 0.3) is 11.1 Å². The normalized spacial score (nSPS) is 16.3. The minimum Gasteiger partial charge on any atom is -0.497 e. The van der Waals surface area contributed by atoms with E-state index in [4.69, 9.17) is 9.47 Å². The maximum atomic E-state index is 12.7. The monoisotopic (exact) mass is 404 g/mol. The molecule has 1 saturated heterocycles. The number of methoxy groups -OCH3 is 1. The maximum absolute atomic E-state index is 12.7. The number of aromatic nitrogens is 3. The molecular weight excluding hydrogens is 380 g/mol. The topological polar surface area (TPSA) is 77.4 Å². The van der Waals surface area contributed by atoms with E-state index in [-0.39, 0.29) is 12.0 Å². The molecule has 30 heavy (non-hydrogen) atoms. The van der Waals surface area contributed by atoms with Crippen molar-refractivity contribution in [3.63, 3.8) is 0 Å². The molecule has 3 aromatic rings. The van der Waals surface area contributed by atoms with Gasteiger partial charge in [0.05, 0.1) is 26.0 Å². The third-order valence-corrected chi connectivity index (χ3v) is 5.22. The number of carbonyl (C=O) groups excluding carboxylic acids is 1. The van der Waals surface area contributed by atoms with Gasteiger partial charge in [-0.05, 0) is 30.2 Å². The first kappa shape index (κ1) is 20.0. The molecule has 7 nitrogen and oxygen atoms in total. The Bertz CT molecular complexity index is 962. The molecule has 7 heteroatoms.